The first-order valence-corrected chi connectivity index (χ1v) is 48.6. The summed E-state index contributed by atoms with van der Waals surface area (Å²) in [6.45, 7) is 4.74. The number of hydrogen-bond acceptors (Lipinski definition) is 0. The van der Waals surface area contributed by atoms with Crippen LogP contribution in [-0.4, -0.2) is 0 Å². The lowest BCUT2D eigenvalue weighted by Gasteiger charge is -2.23. The van der Waals surface area contributed by atoms with Gasteiger partial charge in [-0.1, -0.05) is 499 Å². The topological polar surface area (TPSA) is 0 Å². The summed E-state index contributed by atoms with van der Waals surface area (Å²) >= 11 is 0. The fourth-order valence-electron chi connectivity index (χ4n) is 24.1. The first kappa shape index (κ1) is 80.9. The summed E-state index contributed by atoms with van der Waals surface area (Å²) in [5, 5.41) is 41.1. The molecular formula is C139H90. The van der Waals surface area contributed by atoms with E-state index in [4.69, 9.17) is 0 Å². The Kier molecular flexibility index (Phi) is 19.1. The predicted molar refractivity (Wildman–Crippen MR) is 600 cm³/mol. The van der Waals surface area contributed by atoms with Gasteiger partial charge in [0.15, 0.2) is 0 Å². The predicted octanol–water partition coefficient (Wildman–Crippen LogP) is 39.2. The fraction of sp³-hybridized carbons (Fsp3) is 0.0216. The highest BCUT2D eigenvalue weighted by molar-refractivity contribution is 6.33. The highest BCUT2D eigenvalue weighted by atomic mass is 14.4. The average molecular weight is 1760 g/mol. The van der Waals surface area contributed by atoms with Crippen LogP contribution in [0.5, 0.6) is 0 Å². The van der Waals surface area contributed by atoms with E-state index in [2.05, 4.69) is 523 Å². The second-order valence-corrected chi connectivity index (χ2v) is 38.0. The molecule has 0 amide bonds. The molecule has 1 aliphatic rings. The average Bonchev–Trinajstić information content (AvgIpc) is 1.49. The largest absolute Gasteiger partial charge is 0.0622 e. The SMILES string of the molecule is CC1(C)c2ccccc2-c2ccc(-c3c4ccccc4c(-c4cc5ccc6ccccc6c5c5ccccc45)c4ccccc34)cc21.c1ccc(-c2ccccc2-c2c3ccccc3c(-c3cc4ccc5ccccc5c4c4ccccc34)c3ccccc23)cc1.c1ccc2c(-c3ccc(-c4c5ccccc5c(-c5cc6ccc7ccccc7c6c6ccccc56)c5ccccc45)cc3)cccc2c1. The Morgan fingerprint density at radius 2 is 0.360 bits per heavy atom. The van der Waals surface area contributed by atoms with Crippen molar-refractivity contribution in [2.24, 2.45) is 0 Å². The standard InChI is InChI=1S/C48H30.C47H32.C44H28/c1-3-15-36-31(12-1)14-11-23-37(36)33-24-27-34(28-25-33)46-41-19-7-9-21-43(41)48(44-22-10-8-20-42(44)46)45-30-35-29-26-32-13-2-4-16-38(32)47(35)40-18-6-5-17-39(40)45;1-47(2)42-22-12-11-16-34(42)35-26-25-31(28-43(35)47)45-37-18-7-9-20-39(37)46(40-21-10-8-19-38(40)45)41-27-30-24-23-29-13-3-4-14-32(29)44(30)36-17-6-5-15-33(36)41;1-2-14-29(15-3-1)32-17-6-8-20-35(32)43-37-22-10-12-24-39(37)44(40-25-13-11-23-38(40)43)41-28-31-27-26-30-16-4-5-18-33(30)42(31)36-21-9-7-19-34(36)41/h1-30H;3-28H,1-2H3;1-28H. The van der Waals surface area contributed by atoms with E-state index in [1.807, 2.05) is 0 Å². The quantitative estimate of drug-likeness (QED) is 0.105. The zero-order chi connectivity index (χ0) is 91.9. The Balaban J connectivity index is 0.000000105. The van der Waals surface area contributed by atoms with Gasteiger partial charge in [-0.05, 0) is 308 Å². The molecule has 28 aromatic carbocycles. The zero-order valence-corrected chi connectivity index (χ0v) is 77.0. The molecule has 0 unspecified atom stereocenters. The Bertz CT molecular complexity index is 9810. The lowest BCUT2D eigenvalue weighted by atomic mass is 9.80. The Hall–Kier alpha value is -17.7. The monoisotopic (exact) mass is 1760 g/mol. The smallest absolute Gasteiger partial charge is 0.0159 e. The molecule has 646 valence electrons. The molecule has 28 aromatic rings. The molecule has 0 aromatic heterocycles. The van der Waals surface area contributed by atoms with Crippen molar-refractivity contribution in [3.8, 4) is 100 Å². The maximum atomic E-state index is 2.47. The van der Waals surface area contributed by atoms with Crippen LogP contribution in [0.1, 0.15) is 25.0 Å². The maximum absolute atomic E-state index is 2.47. The first-order chi connectivity index (χ1) is 68.8. The summed E-state index contributed by atoms with van der Waals surface area (Å²) in [6, 6.07) is 188. The van der Waals surface area contributed by atoms with Crippen molar-refractivity contribution in [3.05, 3.63) is 521 Å². The molecule has 0 N–H and O–H groups in total. The van der Waals surface area contributed by atoms with Crippen LogP contribution in [0.3, 0.4) is 0 Å². The normalized spacial score (nSPS) is 12.3. The van der Waals surface area contributed by atoms with Gasteiger partial charge in [0.1, 0.15) is 0 Å². The van der Waals surface area contributed by atoms with E-state index < -0.39 is 0 Å². The summed E-state index contributed by atoms with van der Waals surface area (Å²) in [7, 11) is 0. The van der Waals surface area contributed by atoms with E-state index in [0.717, 1.165) is 0 Å². The molecule has 139 heavy (non-hydrogen) atoms. The van der Waals surface area contributed by atoms with Crippen LogP contribution >= 0.6 is 0 Å². The van der Waals surface area contributed by atoms with Gasteiger partial charge in [0.25, 0.3) is 0 Å². The minimum Gasteiger partial charge on any atom is -0.0622 e. The lowest BCUT2D eigenvalue weighted by Crippen LogP contribution is -2.14. The summed E-state index contributed by atoms with van der Waals surface area (Å²) < 4.78 is 0. The van der Waals surface area contributed by atoms with Gasteiger partial charge in [-0.15, -0.1) is 0 Å². The summed E-state index contributed by atoms with van der Waals surface area (Å²) in [4.78, 5) is 0. The molecule has 0 atom stereocenters. The summed E-state index contributed by atoms with van der Waals surface area (Å²) in [5.74, 6) is 0. The molecule has 0 saturated carbocycles. The molecule has 0 bridgehead atoms. The first-order valence-electron chi connectivity index (χ1n) is 48.6. The van der Waals surface area contributed by atoms with Crippen molar-refractivity contribution in [1.29, 1.82) is 0 Å². The fourth-order valence-corrected chi connectivity index (χ4v) is 24.1. The molecule has 0 fully saturated rings. The van der Waals surface area contributed by atoms with Crippen LogP contribution in [0, 0.1) is 0 Å². The number of benzene rings is 28. The molecule has 0 saturated heterocycles. The second-order valence-electron chi connectivity index (χ2n) is 38.0. The molecule has 0 nitrogen and oxygen atoms in total. The van der Waals surface area contributed by atoms with Crippen molar-refractivity contribution >= 4 is 172 Å². The summed E-state index contributed by atoms with van der Waals surface area (Å²) in [6.07, 6.45) is 0. The van der Waals surface area contributed by atoms with Crippen LogP contribution < -0.4 is 0 Å². The molecule has 0 spiro atoms. The van der Waals surface area contributed by atoms with Crippen LogP contribution in [0.4, 0.5) is 0 Å². The van der Waals surface area contributed by atoms with Gasteiger partial charge < -0.3 is 0 Å². The van der Waals surface area contributed by atoms with Gasteiger partial charge in [0, 0.05) is 5.41 Å². The van der Waals surface area contributed by atoms with Crippen molar-refractivity contribution in [2.45, 2.75) is 19.3 Å². The van der Waals surface area contributed by atoms with Crippen LogP contribution in [0.25, 0.3) is 273 Å². The highest BCUT2D eigenvalue weighted by Crippen LogP contribution is 2.56. The van der Waals surface area contributed by atoms with Crippen molar-refractivity contribution in [2.75, 3.05) is 0 Å². The van der Waals surface area contributed by atoms with E-state index >= 15 is 0 Å². The van der Waals surface area contributed by atoms with Gasteiger partial charge in [-0.3, -0.25) is 0 Å². The van der Waals surface area contributed by atoms with E-state index in [-0.39, 0.29) is 5.41 Å². The second kappa shape index (κ2) is 32.9. The summed E-state index contributed by atoms with van der Waals surface area (Å²) in [5.41, 5.74) is 25.8. The number of fused-ring (bicyclic) bond motifs is 25. The van der Waals surface area contributed by atoms with Crippen molar-refractivity contribution in [3.63, 3.8) is 0 Å². The van der Waals surface area contributed by atoms with Crippen molar-refractivity contribution in [1.82, 2.24) is 0 Å². The minimum absolute atomic E-state index is 0.0539. The van der Waals surface area contributed by atoms with Crippen LogP contribution in [-0.2, 0) is 5.41 Å². The molecule has 0 heteroatoms. The Morgan fingerprint density at radius 3 is 0.755 bits per heavy atom. The zero-order valence-electron chi connectivity index (χ0n) is 77.0. The van der Waals surface area contributed by atoms with Gasteiger partial charge in [0.2, 0.25) is 0 Å². The van der Waals surface area contributed by atoms with E-state index in [0.29, 0.717) is 0 Å². The molecule has 0 aliphatic heterocycles. The van der Waals surface area contributed by atoms with Crippen molar-refractivity contribution < 1.29 is 0 Å². The molecule has 0 radical (unpaired) electrons. The Morgan fingerprint density at radius 1 is 0.115 bits per heavy atom. The van der Waals surface area contributed by atoms with Gasteiger partial charge in [-0.2, -0.15) is 0 Å². The lowest BCUT2D eigenvalue weighted by molar-refractivity contribution is 0.660. The van der Waals surface area contributed by atoms with E-state index in [1.54, 1.807) is 0 Å². The third-order valence-corrected chi connectivity index (χ3v) is 30.3. The van der Waals surface area contributed by atoms with Gasteiger partial charge in [-0.25, -0.2) is 0 Å². The Labute approximate surface area is 806 Å². The van der Waals surface area contributed by atoms with Gasteiger partial charge in [0.05, 0.1) is 0 Å². The van der Waals surface area contributed by atoms with E-state index in [9.17, 15) is 0 Å². The number of hydrogen-bond donors (Lipinski definition) is 0. The van der Waals surface area contributed by atoms with Crippen LogP contribution in [0.15, 0.2) is 510 Å². The third-order valence-electron chi connectivity index (χ3n) is 30.3. The van der Waals surface area contributed by atoms with Gasteiger partial charge >= 0.3 is 0 Å². The third kappa shape index (κ3) is 13.0. The molecule has 1 aliphatic carbocycles. The highest BCUT2D eigenvalue weighted by Gasteiger charge is 2.36. The van der Waals surface area contributed by atoms with E-state index in [1.165, 1.54) is 284 Å². The molecule has 29 rings (SSSR count). The molecular weight excluding hydrogens is 1670 g/mol. The van der Waals surface area contributed by atoms with Crippen LogP contribution in [0.2, 0.25) is 0 Å². The maximum Gasteiger partial charge on any atom is 0.0159 e. The molecule has 0 heterocycles. The number of rotatable bonds is 8. The minimum atomic E-state index is -0.0539.